The zero-order chi connectivity index (χ0) is 27.9. The van der Waals surface area contributed by atoms with Crippen LogP contribution in [0.4, 0.5) is 0 Å². The van der Waals surface area contributed by atoms with Gasteiger partial charge in [-0.1, -0.05) is 64.5 Å². The molecule has 2 unspecified atom stereocenters. The van der Waals surface area contributed by atoms with E-state index in [4.69, 9.17) is 14.2 Å². The molecule has 0 bridgehead atoms. The molecular formula is C29H54NO7+. The Morgan fingerprint density at radius 1 is 0.784 bits per heavy atom. The van der Waals surface area contributed by atoms with Gasteiger partial charge < -0.3 is 23.8 Å². The Morgan fingerprint density at radius 3 is 2.00 bits per heavy atom. The number of carboxylic acid groups (broad SMARTS) is 1. The van der Waals surface area contributed by atoms with Crippen LogP contribution in [0.15, 0.2) is 12.2 Å². The van der Waals surface area contributed by atoms with Crippen molar-refractivity contribution in [1.82, 2.24) is 0 Å². The fourth-order valence-corrected chi connectivity index (χ4v) is 3.81. The fraction of sp³-hybridized carbons (Fsp3) is 0.828. The van der Waals surface area contributed by atoms with Crippen molar-refractivity contribution >= 4 is 17.9 Å². The lowest BCUT2D eigenvalue weighted by Crippen LogP contribution is -2.50. The number of carbonyl (C=O) groups is 3. The van der Waals surface area contributed by atoms with Crippen molar-refractivity contribution < 1.29 is 38.2 Å². The van der Waals surface area contributed by atoms with Crippen LogP contribution in [-0.4, -0.2) is 80.6 Å². The third-order valence-electron chi connectivity index (χ3n) is 6.16. The molecule has 0 saturated heterocycles. The van der Waals surface area contributed by atoms with E-state index in [1.54, 1.807) is 0 Å². The largest absolute Gasteiger partial charge is 0.477 e. The van der Waals surface area contributed by atoms with Gasteiger partial charge in [0.25, 0.3) is 0 Å². The summed E-state index contributed by atoms with van der Waals surface area (Å²) in [5.41, 5.74) is 0. The van der Waals surface area contributed by atoms with Crippen molar-refractivity contribution in [2.75, 3.05) is 41.0 Å². The summed E-state index contributed by atoms with van der Waals surface area (Å²) < 4.78 is 16.8. The molecule has 0 aliphatic rings. The number of rotatable bonds is 24. The molecule has 0 radical (unpaired) electrons. The number of esters is 2. The van der Waals surface area contributed by atoms with E-state index in [1.807, 2.05) is 28.1 Å². The number of aliphatic carboxylic acids is 1. The average Bonchev–Trinajstić information content (AvgIpc) is 2.83. The molecule has 0 spiro atoms. The van der Waals surface area contributed by atoms with Crippen molar-refractivity contribution in [3.8, 4) is 0 Å². The van der Waals surface area contributed by atoms with Crippen molar-refractivity contribution in [3.05, 3.63) is 12.2 Å². The second kappa shape index (κ2) is 22.1. The molecule has 0 aliphatic carbocycles. The first-order valence-corrected chi connectivity index (χ1v) is 14.2. The number of carboxylic acids is 1. The van der Waals surface area contributed by atoms with Crippen LogP contribution in [0.1, 0.15) is 104 Å². The quantitative estimate of drug-likeness (QED) is 0.0745. The van der Waals surface area contributed by atoms with E-state index in [0.717, 1.165) is 44.9 Å². The van der Waals surface area contributed by atoms with Crippen LogP contribution in [0.5, 0.6) is 0 Å². The van der Waals surface area contributed by atoms with Gasteiger partial charge in [-0.05, 0) is 32.1 Å². The van der Waals surface area contributed by atoms with Crippen molar-refractivity contribution in [2.24, 2.45) is 0 Å². The summed E-state index contributed by atoms with van der Waals surface area (Å²) in [7, 11) is 5.47. The van der Waals surface area contributed by atoms with Crippen molar-refractivity contribution in [2.45, 2.75) is 116 Å². The third-order valence-corrected chi connectivity index (χ3v) is 6.16. The second-order valence-corrected chi connectivity index (χ2v) is 10.7. The lowest BCUT2D eigenvalue weighted by Gasteiger charge is -2.31. The summed E-state index contributed by atoms with van der Waals surface area (Å²) in [6.45, 7) is 4.41. The normalized spacial score (nSPS) is 13.4. The predicted octanol–water partition coefficient (Wildman–Crippen LogP) is 5.67. The summed E-state index contributed by atoms with van der Waals surface area (Å²) in [5, 5.41) is 9.45. The zero-order valence-electron chi connectivity index (χ0n) is 24.2. The minimum atomic E-state index is -0.882. The number of nitrogens with zero attached hydrogens (tertiary/aromatic N) is 1. The minimum absolute atomic E-state index is 0.0576. The van der Waals surface area contributed by atoms with Crippen molar-refractivity contribution in [3.63, 3.8) is 0 Å². The van der Waals surface area contributed by atoms with Gasteiger partial charge in [-0.3, -0.25) is 9.59 Å². The maximum atomic E-state index is 12.4. The number of hydrogen-bond donors (Lipinski definition) is 1. The molecule has 8 nitrogen and oxygen atoms in total. The van der Waals surface area contributed by atoms with Crippen LogP contribution >= 0.6 is 0 Å². The number of ether oxygens (including phenoxy) is 3. The Kier molecular flexibility index (Phi) is 20.9. The van der Waals surface area contributed by atoms with Crippen LogP contribution in [-0.2, 0) is 28.6 Å². The summed E-state index contributed by atoms with van der Waals surface area (Å²) in [6.07, 6.45) is 16.4. The van der Waals surface area contributed by atoms with Crippen LogP contribution in [0.25, 0.3) is 0 Å². The Hall–Kier alpha value is -1.93. The van der Waals surface area contributed by atoms with Gasteiger partial charge in [0.1, 0.15) is 6.61 Å². The molecule has 37 heavy (non-hydrogen) atoms. The third kappa shape index (κ3) is 20.8. The second-order valence-electron chi connectivity index (χ2n) is 10.7. The van der Waals surface area contributed by atoms with Gasteiger partial charge in [0.15, 0.2) is 12.1 Å². The topological polar surface area (TPSA) is 99.1 Å². The van der Waals surface area contributed by atoms with Crippen molar-refractivity contribution in [1.29, 1.82) is 0 Å². The van der Waals surface area contributed by atoms with Crippen LogP contribution < -0.4 is 0 Å². The van der Waals surface area contributed by atoms with Gasteiger partial charge in [-0.2, -0.15) is 0 Å². The van der Waals surface area contributed by atoms with E-state index >= 15 is 0 Å². The molecule has 0 saturated carbocycles. The summed E-state index contributed by atoms with van der Waals surface area (Å²) >= 11 is 0. The standard InChI is InChI=1S/C29H53NO7/c1-6-8-10-11-12-13-14-15-16-17-18-20-28(32)37-25(24-36-27(31)19-9-7-2)23-35-22-21-26(29(33)34)30(3,4)5/h11-12,25-26H,6-10,13-24H2,1-5H3/p+1/b12-11-. The molecule has 0 rings (SSSR count). The number of quaternary nitrogens is 1. The first kappa shape index (κ1) is 35.1. The molecule has 2 atom stereocenters. The number of likely N-dealkylation sites (N-methyl/N-ethyl adjacent to an activating group) is 1. The Balaban J connectivity index is 4.40. The van der Waals surface area contributed by atoms with Gasteiger partial charge in [-0.25, -0.2) is 4.79 Å². The van der Waals surface area contributed by atoms with E-state index in [2.05, 4.69) is 19.1 Å². The molecule has 216 valence electrons. The smallest absolute Gasteiger partial charge is 0.362 e. The van der Waals surface area contributed by atoms with Gasteiger partial charge in [0.2, 0.25) is 0 Å². The molecular weight excluding hydrogens is 474 g/mol. The van der Waals surface area contributed by atoms with Crippen LogP contribution in [0, 0.1) is 0 Å². The van der Waals surface area contributed by atoms with Crippen LogP contribution in [0.2, 0.25) is 0 Å². The van der Waals surface area contributed by atoms with E-state index in [-0.39, 0.29) is 36.2 Å². The number of carbonyl (C=O) groups excluding carboxylic acids is 2. The highest BCUT2D eigenvalue weighted by Gasteiger charge is 2.31. The maximum Gasteiger partial charge on any atom is 0.362 e. The first-order valence-electron chi connectivity index (χ1n) is 14.2. The van der Waals surface area contributed by atoms with Gasteiger partial charge in [0.05, 0.1) is 34.4 Å². The van der Waals surface area contributed by atoms with Gasteiger partial charge in [0, 0.05) is 19.3 Å². The fourth-order valence-electron chi connectivity index (χ4n) is 3.81. The molecule has 0 aromatic carbocycles. The van der Waals surface area contributed by atoms with E-state index in [9.17, 15) is 19.5 Å². The predicted molar refractivity (Wildman–Crippen MR) is 146 cm³/mol. The lowest BCUT2D eigenvalue weighted by molar-refractivity contribution is -0.887. The minimum Gasteiger partial charge on any atom is -0.477 e. The highest BCUT2D eigenvalue weighted by atomic mass is 16.6. The molecule has 0 heterocycles. The highest BCUT2D eigenvalue weighted by Crippen LogP contribution is 2.11. The summed E-state index contributed by atoms with van der Waals surface area (Å²) in [5.74, 6) is -1.53. The Labute approximate surface area is 225 Å². The molecule has 0 fully saturated rings. The molecule has 0 aliphatic heterocycles. The first-order chi connectivity index (χ1) is 17.6. The Bertz CT molecular complexity index is 643. The Morgan fingerprint density at radius 2 is 1.38 bits per heavy atom. The van der Waals surface area contributed by atoms with Gasteiger partial charge >= 0.3 is 17.9 Å². The monoisotopic (exact) mass is 528 g/mol. The summed E-state index contributed by atoms with van der Waals surface area (Å²) in [6, 6.07) is -0.607. The SMILES string of the molecule is CCCC/C=C\CCCCCCCC(=O)OC(COCCC(C(=O)O)[N+](C)(C)C)COC(=O)CCCC. The average molecular weight is 529 g/mol. The van der Waals surface area contributed by atoms with Gasteiger partial charge in [-0.15, -0.1) is 0 Å². The molecule has 0 amide bonds. The van der Waals surface area contributed by atoms with E-state index in [1.165, 1.54) is 25.7 Å². The molecule has 0 aromatic rings. The lowest BCUT2D eigenvalue weighted by atomic mass is 10.1. The number of hydrogen-bond acceptors (Lipinski definition) is 6. The highest BCUT2D eigenvalue weighted by molar-refractivity contribution is 5.72. The molecule has 8 heteroatoms. The van der Waals surface area contributed by atoms with E-state index in [0.29, 0.717) is 19.3 Å². The van der Waals surface area contributed by atoms with Crippen LogP contribution in [0.3, 0.4) is 0 Å². The number of unbranched alkanes of at least 4 members (excludes halogenated alkanes) is 8. The molecule has 1 N–H and O–H groups in total. The zero-order valence-corrected chi connectivity index (χ0v) is 24.2. The summed E-state index contributed by atoms with van der Waals surface area (Å²) in [4.78, 5) is 35.8. The molecule has 0 aromatic heterocycles. The van der Waals surface area contributed by atoms with E-state index < -0.39 is 18.1 Å². The number of allylic oxidation sites excluding steroid dienone is 2. The maximum absolute atomic E-state index is 12.4.